The van der Waals surface area contributed by atoms with Crippen molar-refractivity contribution in [3.63, 3.8) is 0 Å². The number of likely N-dealkylation sites (tertiary alicyclic amines) is 1. The Bertz CT molecular complexity index is 146. The summed E-state index contributed by atoms with van der Waals surface area (Å²) in [6.07, 6.45) is 5.55. The summed E-state index contributed by atoms with van der Waals surface area (Å²) in [5.41, 5.74) is 0.517. The van der Waals surface area contributed by atoms with Crippen LogP contribution in [-0.4, -0.2) is 24.0 Å². The van der Waals surface area contributed by atoms with Crippen LogP contribution in [0.5, 0.6) is 0 Å². The van der Waals surface area contributed by atoms with Gasteiger partial charge in [-0.1, -0.05) is 20.8 Å². The molecule has 0 spiro atoms. The van der Waals surface area contributed by atoms with Crippen molar-refractivity contribution in [1.29, 1.82) is 0 Å². The quantitative estimate of drug-likeness (QED) is 0.649. The second kappa shape index (κ2) is 4.45. The smallest absolute Gasteiger partial charge is 0.00674 e. The second-order valence-electron chi connectivity index (χ2n) is 5.69. The van der Waals surface area contributed by atoms with Crippen molar-refractivity contribution in [3.8, 4) is 0 Å². The van der Waals surface area contributed by atoms with Crippen LogP contribution in [-0.2, 0) is 0 Å². The highest BCUT2D eigenvalue weighted by atomic mass is 15.2. The molecule has 1 atom stereocenters. The zero-order valence-electron chi connectivity index (χ0n) is 9.77. The number of rotatable bonds is 3. The van der Waals surface area contributed by atoms with Gasteiger partial charge in [-0.05, 0) is 51.1 Å². The molecular formula is C12H25N. The van der Waals surface area contributed by atoms with Crippen LogP contribution in [0, 0.1) is 5.41 Å². The van der Waals surface area contributed by atoms with Crippen LogP contribution in [0.25, 0.3) is 0 Å². The predicted octanol–water partition coefficient (Wildman–Crippen LogP) is 3.30. The first-order valence-electron chi connectivity index (χ1n) is 5.73. The van der Waals surface area contributed by atoms with Crippen LogP contribution in [0.2, 0.25) is 0 Å². The van der Waals surface area contributed by atoms with Crippen LogP contribution >= 0.6 is 0 Å². The van der Waals surface area contributed by atoms with Gasteiger partial charge in [-0.15, -0.1) is 0 Å². The molecule has 0 radical (unpaired) electrons. The molecule has 0 aliphatic carbocycles. The molecule has 0 saturated carbocycles. The Morgan fingerprint density at radius 2 is 2.00 bits per heavy atom. The summed E-state index contributed by atoms with van der Waals surface area (Å²) in [5, 5.41) is 0. The van der Waals surface area contributed by atoms with Crippen molar-refractivity contribution < 1.29 is 0 Å². The van der Waals surface area contributed by atoms with Crippen molar-refractivity contribution in [2.75, 3.05) is 13.1 Å². The molecule has 0 aromatic carbocycles. The molecular weight excluding hydrogens is 158 g/mol. The molecule has 1 heterocycles. The Morgan fingerprint density at radius 1 is 1.31 bits per heavy atom. The second-order valence-corrected chi connectivity index (χ2v) is 5.69. The molecule has 1 nitrogen and oxygen atoms in total. The molecule has 0 aromatic heterocycles. The van der Waals surface area contributed by atoms with Crippen LogP contribution in [0.1, 0.15) is 53.4 Å². The van der Waals surface area contributed by atoms with Gasteiger partial charge in [0.05, 0.1) is 0 Å². The number of hydrogen-bond donors (Lipinski definition) is 0. The van der Waals surface area contributed by atoms with Gasteiger partial charge in [-0.25, -0.2) is 0 Å². The topological polar surface area (TPSA) is 3.24 Å². The lowest BCUT2D eigenvalue weighted by Gasteiger charge is -2.24. The van der Waals surface area contributed by atoms with E-state index in [2.05, 4.69) is 32.6 Å². The lowest BCUT2D eigenvalue weighted by Crippen LogP contribution is -2.28. The van der Waals surface area contributed by atoms with E-state index in [1.807, 2.05) is 0 Å². The van der Waals surface area contributed by atoms with Crippen molar-refractivity contribution in [2.24, 2.45) is 5.41 Å². The summed E-state index contributed by atoms with van der Waals surface area (Å²) in [4.78, 5) is 2.64. The summed E-state index contributed by atoms with van der Waals surface area (Å²) in [6, 6.07) is 0.847. The SMILES string of the molecule is C[C@@H]1CCCN1CCCC(C)(C)C. The third-order valence-electron chi connectivity index (χ3n) is 3.06. The Hall–Kier alpha value is -0.0400. The number of hydrogen-bond acceptors (Lipinski definition) is 1. The molecule has 1 fully saturated rings. The van der Waals surface area contributed by atoms with Crippen molar-refractivity contribution in [3.05, 3.63) is 0 Å². The minimum Gasteiger partial charge on any atom is -0.301 e. The standard InChI is InChI=1S/C12H25N/c1-11-7-5-9-13(11)10-6-8-12(2,3)4/h11H,5-10H2,1-4H3/t11-/m1/s1. The summed E-state index contributed by atoms with van der Waals surface area (Å²) < 4.78 is 0. The largest absolute Gasteiger partial charge is 0.301 e. The lowest BCUT2D eigenvalue weighted by atomic mass is 9.90. The maximum Gasteiger partial charge on any atom is 0.00674 e. The van der Waals surface area contributed by atoms with Crippen LogP contribution in [0.3, 0.4) is 0 Å². The van der Waals surface area contributed by atoms with E-state index in [9.17, 15) is 0 Å². The van der Waals surface area contributed by atoms with Gasteiger partial charge in [0.1, 0.15) is 0 Å². The van der Waals surface area contributed by atoms with Gasteiger partial charge < -0.3 is 4.90 Å². The lowest BCUT2D eigenvalue weighted by molar-refractivity contribution is 0.243. The van der Waals surface area contributed by atoms with Gasteiger partial charge in [0.15, 0.2) is 0 Å². The van der Waals surface area contributed by atoms with Gasteiger partial charge in [-0.3, -0.25) is 0 Å². The highest BCUT2D eigenvalue weighted by Gasteiger charge is 2.20. The zero-order chi connectivity index (χ0) is 9.90. The van der Waals surface area contributed by atoms with E-state index in [0.717, 1.165) is 6.04 Å². The van der Waals surface area contributed by atoms with Crippen LogP contribution in [0.15, 0.2) is 0 Å². The molecule has 13 heavy (non-hydrogen) atoms. The molecule has 1 saturated heterocycles. The van der Waals surface area contributed by atoms with Gasteiger partial charge >= 0.3 is 0 Å². The number of nitrogens with zero attached hydrogens (tertiary/aromatic N) is 1. The summed E-state index contributed by atoms with van der Waals surface area (Å²) in [5.74, 6) is 0. The van der Waals surface area contributed by atoms with E-state index >= 15 is 0 Å². The molecule has 1 rings (SSSR count). The van der Waals surface area contributed by atoms with E-state index in [0.29, 0.717) is 5.41 Å². The van der Waals surface area contributed by atoms with Crippen molar-refractivity contribution in [2.45, 2.75) is 59.4 Å². The fourth-order valence-electron chi connectivity index (χ4n) is 2.14. The van der Waals surface area contributed by atoms with Gasteiger partial charge in [-0.2, -0.15) is 0 Å². The zero-order valence-corrected chi connectivity index (χ0v) is 9.77. The molecule has 0 bridgehead atoms. The average Bonchev–Trinajstić information content (AvgIpc) is 2.34. The summed E-state index contributed by atoms with van der Waals surface area (Å²) in [7, 11) is 0. The monoisotopic (exact) mass is 183 g/mol. The molecule has 0 amide bonds. The van der Waals surface area contributed by atoms with E-state index in [1.54, 1.807) is 0 Å². The first-order valence-corrected chi connectivity index (χ1v) is 5.73. The van der Waals surface area contributed by atoms with E-state index in [1.165, 1.54) is 38.8 Å². The summed E-state index contributed by atoms with van der Waals surface area (Å²) >= 11 is 0. The third-order valence-corrected chi connectivity index (χ3v) is 3.06. The Kier molecular flexibility index (Phi) is 3.78. The van der Waals surface area contributed by atoms with Gasteiger partial charge in [0.2, 0.25) is 0 Å². The molecule has 0 N–H and O–H groups in total. The predicted molar refractivity (Wildman–Crippen MR) is 59.0 cm³/mol. The average molecular weight is 183 g/mol. The van der Waals surface area contributed by atoms with Gasteiger partial charge in [0, 0.05) is 6.04 Å². The van der Waals surface area contributed by atoms with E-state index in [4.69, 9.17) is 0 Å². The molecule has 0 aromatic rings. The Labute approximate surface area is 83.5 Å². The van der Waals surface area contributed by atoms with Gasteiger partial charge in [0.25, 0.3) is 0 Å². The molecule has 78 valence electrons. The molecule has 0 unspecified atom stereocenters. The van der Waals surface area contributed by atoms with Crippen molar-refractivity contribution >= 4 is 0 Å². The van der Waals surface area contributed by atoms with E-state index < -0.39 is 0 Å². The maximum atomic E-state index is 2.64. The maximum absolute atomic E-state index is 2.64. The highest BCUT2D eigenvalue weighted by molar-refractivity contribution is 4.75. The first kappa shape index (κ1) is 11.0. The Morgan fingerprint density at radius 3 is 2.46 bits per heavy atom. The summed E-state index contributed by atoms with van der Waals surface area (Å²) in [6.45, 7) is 12.0. The Balaban J connectivity index is 2.12. The first-order chi connectivity index (χ1) is 5.99. The fraction of sp³-hybridized carbons (Fsp3) is 1.00. The molecule has 1 aliphatic heterocycles. The molecule has 1 heteroatoms. The minimum absolute atomic E-state index is 0.517. The van der Waals surface area contributed by atoms with Crippen LogP contribution in [0.4, 0.5) is 0 Å². The minimum atomic E-state index is 0.517. The van der Waals surface area contributed by atoms with E-state index in [-0.39, 0.29) is 0 Å². The highest BCUT2D eigenvalue weighted by Crippen LogP contribution is 2.22. The third kappa shape index (κ3) is 4.12. The normalized spacial score (nSPS) is 25.4. The van der Waals surface area contributed by atoms with Crippen LogP contribution < -0.4 is 0 Å². The van der Waals surface area contributed by atoms with Crippen molar-refractivity contribution in [1.82, 2.24) is 4.90 Å². The molecule has 1 aliphatic rings. The fourth-order valence-corrected chi connectivity index (χ4v) is 2.14.